The van der Waals surface area contributed by atoms with Crippen molar-refractivity contribution in [2.24, 2.45) is 0 Å². The molecule has 0 N–H and O–H groups in total. The number of furan rings is 1. The molecule has 150 valence electrons. The summed E-state index contributed by atoms with van der Waals surface area (Å²) in [6.07, 6.45) is 0. The molecule has 0 aliphatic rings. The molecule has 29 heavy (non-hydrogen) atoms. The summed E-state index contributed by atoms with van der Waals surface area (Å²) in [5.41, 5.74) is -0.427. The molecule has 0 atom stereocenters. The van der Waals surface area contributed by atoms with Crippen molar-refractivity contribution in [3.63, 3.8) is 0 Å². The van der Waals surface area contributed by atoms with E-state index in [1.54, 1.807) is 13.0 Å². The van der Waals surface area contributed by atoms with Gasteiger partial charge in [0.25, 0.3) is 0 Å². The average molecular weight is 408 g/mol. The summed E-state index contributed by atoms with van der Waals surface area (Å²) in [5.74, 6) is -6.30. The maximum atomic E-state index is 14.8. The predicted octanol–water partition coefficient (Wildman–Crippen LogP) is 6.26. The second-order valence-corrected chi connectivity index (χ2v) is 6.21. The highest BCUT2D eigenvalue weighted by Crippen LogP contribution is 2.38. The highest BCUT2D eigenvalue weighted by Gasteiger charge is 2.20. The van der Waals surface area contributed by atoms with Crippen molar-refractivity contribution in [2.75, 3.05) is 6.61 Å². The van der Waals surface area contributed by atoms with Gasteiger partial charge in [0.1, 0.15) is 6.61 Å². The number of rotatable bonds is 5. The molecule has 0 unspecified atom stereocenters. The number of fused-ring (bicyclic) bond motifs is 3. The van der Waals surface area contributed by atoms with Crippen LogP contribution in [0.2, 0.25) is 0 Å². The van der Waals surface area contributed by atoms with E-state index in [-0.39, 0.29) is 34.8 Å². The number of hydrogen-bond acceptors (Lipinski definition) is 3. The van der Waals surface area contributed by atoms with Crippen molar-refractivity contribution >= 4 is 21.9 Å². The van der Waals surface area contributed by atoms with E-state index in [9.17, 15) is 22.0 Å². The third kappa shape index (κ3) is 3.24. The number of benzene rings is 3. The molecule has 0 fully saturated rings. The maximum absolute atomic E-state index is 14.8. The molecule has 0 aliphatic carbocycles. The van der Waals surface area contributed by atoms with Crippen LogP contribution in [0.25, 0.3) is 21.9 Å². The largest absolute Gasteiger partial charge is 0.491 e. The van der Waals surface area contributed by atoms with Gasteiger partial charge in [-0.1, -0.05) is 0 Å². The molecule has 3 aromatic carbocycles. The summed E-state index contributed by atoms with van der Waals surface area (Å²) in [6.45, 7) is 1.53. The Morgan fingerprint density at radius 1 is 0.724 bits per heavy atom. The van der Waals surface area contributed by atoms with Gasteiger partial charge < -0.3 is 13.9 Å². The fourth-order valence-corrected chi connectivity index (χ4v) is 3.03. The highest BCUT2D eigenvalue weighted by atomic mass is 19.2. The Labute approximate surface area is 161 Å². The SMILES string of the molecule is CCOc1ccc2c(oc3c(F)c(OCc4cc(F)c(F)c(F)c4)ccc32)c1F. The zero-order chi connectivity index (χ0) is 20.7. The van der Waals surface area contributed by atoms with Gasteiger partial charge in [-0.05, 0) is 48.9 Å². The quantitative estimate of drug-likeness (QED) is 0.289. The van der Waals surface area contributed by atoms with Crippen LogP contribution < -0.4 is 9.47 Å². The van der Waals surface area contributed by atoms with Crippen molar-refractivity contribution < 1.29 is 35.8 Å². The molecule has 4 aromatic rings. The molecule has 8 heteroatoms. The molecule has 0 radical (unpaired) electrons. The lowest BCUT2D eigenvalue weighted by molar-refractivity contribution is 0.288. The molecule has 0 bridgehead atoms. The van der Waals surface area contributed by atoms with Crippen molar-refractivity contribution in [1.82, 2.24) is 0 Å². The van der Waals surface area contributed by atoms with Gasteiger partial charge in [-0.3, -0.25) is 0 Å². The second-order valence-electron chi connectivity index (χ2n) is 6.21. The van der Waals surface area contributed by atoms with E-state index in [4.69, 9.17) is 13.9 Å². The van der Waals surface area contributed by atoms with Crippen LogP contribution in [0.3, 0.4) is 0 Å². The van der Waals surface area contributed by atoms with Gasteiger partial charge in [-0.25, -0.2) is 13.2 Å². The Hall–Kier alpha value is -3.29. The van der Waals surface area contributed by atoms with Crippen molar-refractivity contribution in [3.8, 4) is 11.5 Å². The van der Waals surface area contributed by atoms with Crippen LogP contribution in [0.5, 0.6) is 11.5 Å². The molecule has 1 heterocycles. The Balaban J connectivity index is 1.70. The second kappa shape index (κ2) is 7.27. The zero-order valence-electron chi connectivity index (χ0n) is 15.0. The topological polar surface area (TPSA) is 31.6 Å². The minimum Gasteiger partial charge on any atom is -0.491 e. The number of hydrogen-bond donors (Lipinski definition) is 0. The summed E-state index contributed by atoms with van der Waals surface area (Å²) in [7, 11) is 0. The molecule has 0 spiro atoms. The lowest BCUT2D eigenvalue weighted by Gasteiger charge is -2.08. The molecule has 0 amide bonds. The van der Waals surface area contributed by atoms with E-state index in [0.717, 1.165) is 12.1 Å². The van der Waals surface area contributed by atoms with Gasteiger partial charge in [-0.15, -0.1) is 0 Å². The van der Waals surface area contributed by atoms with Gasteiger partial charge in [-0.2, -0.15) is 8.78 Å². The van der Waals surface area contributed by atoms with Gasteiger partial charge >= 0.3 is 0 Å². The van der Waals surface area contributed by atoms with Crippen LogP contribution >= 0.6 is 0 Å². The van der Waals surface area contributed by atoms with Gasteiger partial charge in [0.15, 0.2) is 40.1 Å². The summed E-state index contributed by atoms with van der Waals surface area (Å²) < 4.78 is 84.8. The fraction of sp³-hybridized carbons (Fsp3) is 0.143. The molecule has 4 rings (SSSR count). The highest BCUT2D eigenvalue weighted by molar-refractivity contribution is 6.06. The summed E-state index contributed by atoms with van der Waals surface area (Å²) >= 11 is 0. The summed E-state index contributed by atoms with van der Waals surface area (Å²) in [6, 6.07) is 7.25. The smallest absolute Gasteiger partial charge is 0.208 e. The predicted molar refractivity (Wildman–Crippen MR) is 95.5 cm³/mol. The van der Waals surface area contributed by atoms with Crippen LogP contribution in [0.1, 0.15) is 12.5 Å². The number of ether oxygens (including phenoxy) is 2. The van der Waals surface area contributed by atoms with Crippen LogP contribution in [0.4, 0.5) is 22.0 Å². The first kappa shape index (κ1) is 19.0. The summed E-state index contributed by atoms with van der Waals surface area (Å²) in [4.78, 5) is 0. The normalized spacial score (nSPS) is 11.4. The number of halogens is 5. The first-order valence-corrected chi connectivity index (χ1v) is 8.63. The third-order valence-electron chi connectivity index (χ3n) is 4.36. The Morgan fingerprint density at radius 3 is 1.76 bits per heavy atom. The van der Waals surface area contributed by atoms with Crippen LogP contribution in [-0.4, -0.2) is 6.61 Å². The first-order chi connectivity index (χ1) is 13.9. The zero-order valence-corrected chi connectivity index (χ0v) is 15.0. The van der Waals surface area contributed by atoms with Gasteiger partial charge in [0.05, 0.1) is 6.61 Å². The molecular formula is C21H13F5O3. The van der Waals surface area contributed by atoms with E-state index < -0.39 is 35.7 Å². The van der Waals surface area contributed by atoms with Crippen molar-refractivity contribution in [2.45, 2.75) is 13.5 Å². The third-order valence-corrected chi connectivity index (χ3v) is 4.36. The lowest BCUT2D eigenvalue weighted by atomic mass is 10.1. The van der Waals surface area contributed by atoms with E-state index in [2.05, 4.69) is 0 Å². The Bertz CT molecular complexity index is 1210. The summed E-state index contributed by atoms with van der Waals surface area (Å²) in [5, 5.41) is 0.680. The van der Waals surface area contributed by atoms with E-state index in [0.29, 0.717) is 10.8 Å². The molecule has 0 saturated carbocycles. The van der Waals surface area contributed by atoms with E-state index in [1.165, 1.54) is 18.2 Å². The van der Waals surface area contributed by atoms with E-state index in [1.807, 2.05) is 0 Å². The van der Waals surface area contributed by atoms with Gasteiger partial charge in [0, 0.05) is 10.8 Å². The fourth-order valence-electron chi connectivity index (χ4n) is 3.03. The molecular weight excluding hydrogens is 395 g/mol. The molecule has 1 aromatic heterocycles. The van der Waals surface area contributed by atoms with Crippen LogP contribution in [0.15, 0.2) is 40.8 Å². The van der Waals surface area contributed by atoms with Crippen molar-refractivity contribution in [1.29, 1.82) is 0 Å². The van der Waals surface area contributed by atoms with E-state index >= 15 is 0 Å². The standard InChI is InChI=1S/C21H13F5O3/c1-2-27-15-5-3-11-12-4-6-16(19(26)21(12)29-20(11)18(15)25)28-9-10-7-13(22)17(24)14(23)8-10/h3-8H,2,9H2,1H3. The van der Waals surface area contributed by atoms with Crippen LogP contribution in [0, 0.1) is 29.1 Å². The Kier molecular flexibility index (Phi) is 4.77. The molecule has 0 aliphatic heterocycles. The maximum Gasteiger partial charge on any atom is 0.208 e. The molecule has 0 saturated heterocycles. The van der Waals surface area contributed by atoms with Gasteiger partial charge in [0.2, 0.25) is 11.6 Å². The minimum absolute atomic E-state index is 0.0173. The lowest BCUT2D eigenvalue weighted by Crippen LogP contribution is -2.01. The van der Waals surface area contributed by atoms with Crippen molar-refractivity contribution in [3.05, 3.63) is 71.0 Å². The van der Waals surface area contributed by atoms with Crippen LogP contribution in [-0.2, 0) is 6.61 Å². The Morgan fingerprint density at radius 2 is 1.24 bits per heavy atom. The molecule has 3 nitrogen and oxygen atoms in total. The monoisotopic (exact) mass is 408 g/mol. The average Bonchev–Trinajstić information content (AvgIpc) is 3.08. The first-order valence-electron chi connectivity index (χ1n) is 8.63. The minimum atomic E-state index is -1.60.